The summed E-state index contributed by atoms with van der Waals surface area (Å²) >= 11 is 3.44. The topological polar surface area (TPSA) is 37.8 Å². The zero-order valence-corrected chi connectivity index (χ0v) is 11.5. The zero-order valence-electron chi connectivity index (χ0n) is 9.94. The number of aromatic nitrogens is 2. The Kier molecular flexibility index (Phi) is 3.39. The van der Waals surface area contributed by atoms with E-state index < -0.39 is 0 Å². The monoisotopic (exact) mass is 303 g/mol. The highest BCUT2D eigenvalue weighted by Gasteiger charge is 2.18. The largest absolute Gasteiger partial charge is 0.307 e. The number of nitrogens with one attached hydrogen (secondary N) is 1. The number of benzene rings is 1. The van der Waals surface area contributed by atoms with Crippen molar-refractivity contribution >= 4 is 15.9 Å². The normalized spacial score (nSPS) is 19.1. The summed E-state index contributed by atoms with van der Waals surface area (Å²) in [6, 6.07) is 10.5. The highest BCUT2D eigenvalue weighted by atomic mass is 79.9. The number of rotatable bonds is 2. The van der Waals surface area contributed by atoms with Crippen LogP contribution in [0.2, 0.25) is 0 Å². The Balaban J connectivity index is 1.92. The lowest BCUT2D eigenvalue weighted by atomic mass is 10.1. The van der Waals surface area contributed by atoms with Crippen LogP contribution < -0.4 is 5.32 Å². The first kappa shape index (κ1) is 11.8. The lowest BCUT2D eigenvalue weighted by molar-refractivity contribution is 0.605. The Bertz CT molecular complexity index is 533. The van der Waals surface area contributed by atoms with Crippen LogP contribution in [-0.4, -0.2) is 16.5 Å². The van der Waals surface area contributed by atoms with Crippen molar-refractivity contribution in [3.63, 3.8) is 0 Å². The van der Waals surface area contributed by atoms with Crippen LogP contribution in [0.4, 0.5) is 0 Å². The molecule has 4 heteroatoms. The molecule has 1 N–H and O–H groups in total. The lowest BCUT2D eigenvalue weighted by Crippen LogP contribution is -2.15. The third-order valence-corrected chi connectivity index (χ3v) is 3.71. The molecule has 3 nitrogen and oxygen atoms in total. The fourth-order valence-electron chi connectivity index (χ4n) is 2.23. The molecule has 92 valence electrons. The minimum Gasteiger partial charge on any atom is -0.307 e. The van der Waals surface area contributed by atoms with Crippen LogP contribution in [0.1, 0.15) is 24.7 Å². The Morgan fingerprint density at radius 3 is 2.72 bits per heavy atom. The summed E-state index contributed by atoms with van der Waals surface area (Å²) in [4.78, 5) is 9.05. The van der Waals surface area contributed by atoms with Gasteiger partial charge in [-0.15, -0.1) is 0 Å². The zero-order chi connectivity index (χ0) is 12.4. The highest BCUT2D eigenvalue weighted by Crippen LogP contribution is 2.23. The summed E-state index contributed by atoms with van der Waals surface area (Å²) in [5, 5.41) is 3.43. The van der Waals surface area contributed by atoms with Crippen molar-refractivity contribution in [2.45, 2.75) is 18.9 Å². The number of nitrogens with zero attached hydrogens (tertiary/aromatic N) is 2. The Hall–Kier alpha value is -1.26. The van der Waals surface area contributed by atoms with Gasteiger partial charge in [0, 0.05) is 16.2 Å². The summed E-state index contributed by atoms with van der Waals surface area (Å²) in [5.74, 6) is 0.910. The van der Waals surface area contributed by atoms with Crippen molar-refractivity contribution in [2.24, 2.45) is 0 Å². The molecule has 2 heterocycles. The molecule has 1 aliphatic heterocycles. The molecule has 1 atom stereocenters. The second-order valence-electron chi connectivity index (χ2n) is 4.46. The molecule has 18 heavy (non-hydrogen) atoms. The van der Waals surface area contributed by atoms with E-state index in [-0.39, 0.29) is 0 Å². The maximum Gasteiger partial charge on any atom is 0.145 e. The smallest absolute Gasteiger partial charge is 0.145 e. The fraction of sp³-hybridized carbons (Fsp3) is 0.286. The molecule has 0 bridgehead atoms. The molecular formula is C14H14BrN3. The fourth-order valence-corrected chi connectivity index (χ4v) is 2.49. The van der Waals surface area contributed by atoms with Gasteiger partial charge in [-0.3, -0.25) is 0 Å². The molecule has 2 aromatic rings. The Morgan fingerprint density at radius 1 is 1.17 bits per heavy atom. The highest BCUT2D eigenvalue weighted by molar-refractivity contribution is 9.10. The summed E-state index contributed by atoms with van der Waals surface area (Å²) in [6.07, 6.45) is 4.18. The SMILES string of the molecule is Brc1ccc(-c2ccnc(C3CCCN3)n2)cc1. The molecular weight excluding hydrogens is 290 g/mol. The summed E-state index contributed by atoms with van der Waals surface area (Å²) in [7, 11) is 0. The maximum atomic E-state index is 4.67. The molecule has 3 rings (SSSR count). The molecule has 1 aliphatic rings. The Morgan fingerprint density at radius 2 is 2.00 bits per heavy atom. The Labute approximate surface area is 115 Å². The van der Waals surface area contributed by atoms with Gasteiger partial charge in [0.25, 0.3) is 0 Å². The van der Waals surface area contributed by atoms with Crippen LogP contribution in [0.25, 0.3) is 11.3 Å². The predicted octanol–water partition coefficient (Wildman–Crippen LogP) is 3.33. The van der Waals surface area contributed by atoms with Gasteiger partial charge in [0.1, 0.15) is 5.82 Å². The van der Waals surface area contributed by atoms with Gasteiger partial charge in [-0.2, -0.15) is 0 Å². The van der Waals surface area contributed by atoms with E-state index in [9.17, 15) is 0 Å². The van der Waals surface area contributed by atoms with E-state index in [0.717, 1.165) is 34.5 Å². The van der Waals surface area contributed by atoms with Gasteiger partial charge in [0.2, 0.25) is 0 Å². The quantitative estimate of drug-likeness (QED) is 0.925. The number of halogens is 1. The standard InChI is InChI=1S/C14H14BrN3/c15-11-5-3-10(4-6-11)12-7-9-17-14(18-12)13-2-1-8-16-13/h3-7,9,13,16H,1-2,8H2. The van der Waals surface area contributed by atoms with Crippen LogP contribution in [0.3, 0.4) is 0 Å². The molecule has 0 spiro atoms. The lowest BCUT2D eigenvalue weighted by Gasteiger charge is -2.09. The minimum atomic E-state index is 0.320. The van der Waals surface area contributed by atoms with E-state index >= 15 is 0 Å². The first-order valence-electron chi connectivity index (χ1n) is 6.15. The predicted molar refractivity (Wildman–Crippen MR) is 75.1 cm³/mol. The van der Waals surface area contributed by atoms with Gasteiger partial charge in [0.05, 0.1) is 11.7 Å². The van der Waals surface area contributed by atoms with Crippen molar-refractivity contribution < 1.29 is 0 Å². The molecule has 1 aromatic heterocycles. The number of hydrogen-bond donors (Lipinski definition) is 1. The van der Waals surface area contributed by atoms with E-state index in [0.29, 0.717) is 6.04 Å². The summed E-state index contributed by atoms with van der Waals surface area (Å²) in [5.41, 5.74) is 2.11. The van der Waals surface area contributed by atoms with Gasteiger partial charge in [-0.05, 0) is 37.6 Å². The van der Waals surface area contributed by atoms with Crippen molar-refractivity contribution in [2.75, 3.05) is 6.54 Å². The van der Waals surface area contributed by atoms with Crippen molar-refractivity contribution in [3.8, 4) is 11.3 Å². The van der Waals surface area contributed by atoms with Crippen LogP contribution >= 0.6 is 15.9 Å². The molecule has 1 saturated heterocycles. The molecule has 0 aliphatic carbocycles. The van der Waals surface area contributed by atoms with E-state index in [1.54, 1.807) is 0 Å². The van der Waals surface area contributed by atoms with Crippen LogP contribution in [0.5, 0.6) is 0 Å². The number of hydrogen-bond acceptors (Lipinski definition) is 3. The van der Waals surface area contributed by atoms with Crippen LogP contribution in [-0.2, 0) is 0 Å². The average molecular weight is 304 g/mol. The van der Waals surface area contributed by atoms with Gasteiger partial charge in [-0.25, -0.2) is 9.97 Å². The van der Waals surface area contributed by atoms with E-state index in [4.69, 9.17) is 0 Å². The average Bonchev–Trinajstić information content (AvgIpc) is 2.94. The van der Waals surface area contributed by atoms with Crippen molar-refractivity contribution in [3.05, 3.63) is 46.8 Å². The van der Waals surface area contributed by atoms with E-state index in [2.05, 4.69) is 43.3 Å². The van der Waals surface area contributed by atoms with Gasteiger partial charge in [0.15, 0.2) is 0 Å². The maximum absolute atomic E-state index is 4.67. The van der Waals surface area contributed by atoms with Gasteiger partial charge in [-0.1, -0.05) is 28.1 Å². The third-order valence-electron chi connectivity index (χ3n) is 3.19. The van der Waals surface area contributed by atoms with Gasteiger partial charge < -0.3 is 5.32 Å². The second-order valence-corrected chi connectivity index (χ2v) is 5.37. The first-order valence-corrected chi connectivity index (χ1v) is 6.94. The molecule has 1 fully saturated rings. The van der Waals surface area contributed by atoms with Crippen LogP contribution in [0, 0.1) is 0 Å². The summed E-state index contributed by atoms with van der Waals surface area (Å²) in [6.45, 7) is 1.07. The molecule has 0 amide bonds. The molecule has 0 saturated carbocycles. The first-order chi connectivity index (χ1) is 8.83. The molecule has 0 radical (unpaired) electrons. The molecule has 1 unspecified atom stereocenters. The van der Waals surface area contributed by atoms with Crippen LogP contribution in [0.15, 0.2) is 41.0 Å². The second kappa shape index (κ2) is 5.16. The van der Waals surface area contributed by atoms with E-state index in [1.165, 1.54) is 6.42 Å². The minimum absolute atomic E-state index is 0.320. The van der Waals surface area contributed by atoms with Gasteiger partial charge >= 0.3 is 0 Å². The van der Waals surface area contributed by atoms with E-state index in [1.807, 2.05) is 24.4 Å². The van der Waals surface area contributed by atoms with Crippen molar-refractivity contribution in [1.29, 1.82) is 0 Å². The third kappa shape index (κ3) is 2.44. The molecule has 1 aromatic carbocycles. The summed E-state index contributed by atoms with van der Waals surface area (Å²) < 4.78 is 1.08. The van der Waals surface area contributed by atoms with Crippen molar-refractivity contribution in [1.82, 2.24) is 15.3 Å².